The zero-order valence-electron chi connectivity index (χ0n) is 11.7. The van der Waals surface area contributed by atoms with Crippen LogP contribution < -0.4 is 5.32 Å². The predicted octanol–water partition coefficient (Wildman–Crippen LogP) is 1.91. The molecule has 2 N–H and O–H groups in total. The van der Waals surface area contributed by atoms with E-state index in [1.165, 1.54) is 11.3 Å². The van der Waals surface area contributed by atoms with Gasteiger partial charge in [-0.1, -0.05) is 26.8 Å². The molecule has 0 amide bonds. The molecule has 0 aliphatic carbocycles. The summed E-state index contributed by atoms with van der Waals surface area (Å²) in [5.74, 6) is 0.237. The summed E-state index contributed by atoms with van der Waals surface area (Å²) in [4.78, 5) is 0. The van der Waals surface area contributed by atoms with Crippen molar-refractivity contribution in [3.63, 3.8) is 0 Å². The van der Waals surface area contributed by atoms with E-state index in [4.69, 9.17) is 0 Å². The van der Waals surface area contributed by atoms with E-state index in [-0.39, 0.29) is 5.75 Å². The molecule has 0 saturated heterocycles. The molecule has 2 atom stereocenters. The van der Waals surface area contributed by atoms with Gasteiger partial charge in [0.15, 0.2) is 9.84 Å². The van der Waals surface area contributed by atoms with Crippen LogP contribution in [0.2, 0.25) is 0 Å². The SMILES string of the molecule is CCC(NCC(O)CS(=O)(=O)c1cccs1)C(C)C. The highest BCUT2D eigenvalue weighted by Crippen LogP contribution is 2.18. The Morgan fingerprint density at radius 1 is 1.42 bits per heavy atom. The lowest BCUT2D eigenvalue weighted by atomic mass is 10.0. The summed E-state index contributed by atoms with van der Waals surface area (Å²) in [7, 11) is -3.36. The van der Waals surface area contributed by atoms with E-state index in [1.54, 1.807) is 17.5 Å². The highest BCUT2D eigenvalue weighted by atomic mass is 32.2. The van der Waals surface area contributed by atoms with Crippen LogP contribution in [0.4, 0.5) is 0 Å². The Labute approximate surface area is 119 Å². The fraction of sp³-hybridized carbons (Fsp3) is 0.692. The van der Waals surface area contributed by atoms with E-state index in [0.29, 0.717) is 22.7 Å². The molecule has 1 aromatic heterocycles. The van der Waals surface area contributed by atoms with Gasteiger partial charge < -0.3 is 10.4 Å². The van der Waals surface area contributed by atoms with Crippen LogP contribution in [0, 0.1) is 5.92 Å². The van der Waals surface area contributed by atoms with E-state index >= 15 is 0 Å². The van der Waals surface area contributed by atoms with Crippen molar-refractivity contribution in [1.82, 2.24) is 5.32 Å². The topological polar surface area (TPSA) is 66.4 Å². The van der Waals surface area contributed by atoms with Gasteiger partial charge in [-0.05, 0) is 23.8 Å². The number of aliphatic hydroxyl groups excluding tert-OH is 1. The Hall–Kier alpha value is -0.430. The third kappa shape index (κ3) is 5.22. The minimum absolute atomic E-state index is 0.227. The van der Waals surface area contributed by atoms with Crippen LogP contribution in [0.25, 0.3) is 0 Å². The lowest BCUT2D eigenvalue weighted by molar-refractivity contribution is 0.183. The highest BCUT2D eigenvalue weighted by Gasteiger charge is 2.21. The maximum atomic E-state index is 12.0. The number of aliphatic hydroxyl groups is 1. The van der Waals surface area contributed by atoms with Gasteiger partial charge in [-0.3, -0.25) is 0 Å². The fourth-order valence-electron chi connectivity index (χ4n) is 1.97. The summed E-state index contributed by atoms with van der Waals surface area (Å²) in [5, 5.41) is 14.8. The molecule has 0 fully saturated rings. The number of hydrogen-bond donors (Lipinski definition) is 2. The van der Waals surface area contributed by atoms with Crippen molar-refractivity contribution in [2.24, 2.45) is 5.92 Å². The maximum Gasteiger partial charge on any atom is 0.190 e. The molecule has 1 aromatic rings. The van der Waals surface area contributed by atoms with E-state index in [1.807, 2.05) is 0 Å². The van der Waals surface area contributed by atoms with E-state index < -0.39 is 15.9 Å². The second kappa shape index (κ2) is 7.38. The second-order valence-electron chi connectivity index (χ2n) is 5.03. The van der Waals surface area contributed by atoms with Gasteiger partial charge in [0.25, 0.3) is 0 Å². The summed E-state index contributed by atoms with van der Waals surface area (Å²) in [6.45, 7) is 6.60. The van der Waals surface area contributed by atoms with Crippen LogP contribution in [0.1, 0.15) is 27.2 Å². The average molecular weight is 305 g/mol. The first-order chi connectivity index (χ1) is 8.86. The molecule has 0 radical (unpaired) electrons. The van der Waals surface area contributed by atoms with Crippen molar-refractivity contribution < 1.29 is 13.5 Å². The third-order valence-corrected chi connectivity index (χ3v) is 6.36. The first-order valence-electron chi connectivity index (χ1n) is 6.54. The van der Waals surface area contributed by atoms with Gasteiger partial charge >= 0.3 is 0 Å². The van der Waals surface area contributed by atoms with Crippen molar-refractivity contribution in [2.45, 2.75) is 43.5 Å². The normalized spacial score (nSPS) is 15.6. The summed E-state index contributed by atoms with van der Waals surface area (Å²) < 4.78 is 24.3. The number of rotatable bonds is 8. The molecule has 0 saturated carbocycles. The van der Waals surface area contributed by atoms with Crippen molar-refractivity contribution in [1.29, 1.82) is 0 Å². The molecule has 4 nitrogen and oxygen atoms in total. The van der Waals surface area contributed by atoms with Crippen LogP contribution in [0.3, 0.4) is 0 Å². The molecule has 2 unspecified atom stereocenters. The molecule has 110 valence electrons. The summed E-state index contributed by atoms with van der Waals surface area (Å²) >= 11 is 1.19. The molecule has 0 spiro atoms. The Bertz CT molecular complexity index is 454. The zero-order chi connectivity index (χ0) is 14.5. The molecule has 1 rings (SSSR count). The number of thiophene rings is 1. The second-order valence-corrected chi connectivity index (χ2v) is 8.24. The Balaban J connectivity index is 2.50. The number of sulfone groups is 1. The van der Waals surface area contributed by atoms with Crippen molar-refractivity contribution in [3.05, 3.63) is 17.5 Å². The lowest BCUT2D eigenvalue weighted by Crippen LogP contribution is -2.40. The largest absolute Gasteiger partial charge is 0.391 e. The predicted molar refractivity (Wildman–Crippen MR) is 79.3 cm³/mol. The average Bonchev–Trinajstić information content (AvgIpc) is 2.82. The molecule has 0 bridgehead atoms. The van der Waals surface area contributed by atoms with Crippen LogP contribution >= 0.6 is 11.3 Å². The fourth-order valence-corrected chi connectivity index (χ4v) is 4.45. The first kappa shape index (κ1) is 16.6. The molecular formula is C13H23NO3S2. The Morgan fingerprint density at radius 3 is 2.58 bits per heavy atom. The maximum absolute atomic E-state index is 12.0. The minimum atomic E-state index is -3.36. The molecule has 0 aromatic carbocycles. The van der Waals surface area contributed by atoms with Gasteiger partial charge in [-0.15, -0.1) is 11.3 Å². The summed E-state index contributed by atoms with van der Waals surface area (Å²) in [6.07, 6.45) is 0.0853. The Morgan fingerprint density at radius 2 is 2.11 bits per heavy atom. The van der Waals surface area contributed by atoms with E-state index in [9.17, 15) is 13.5 Å². The van der Waals surface area contributed by atoms with Gasteiger partial charge in [-0.2, -0.15) is 0 Å². The van der Waals surface area contributed by atoms with Crippen LogP contribution in [0.15, 0.2) is 21.7 Å². The standard InChI is InChI=1S/C13H23NO3S2/c1-4-12(10(2)3)14-8-11(15)9-19(16,17)13-6-5-7-18-13/h5-7,10-12,14-15H,4,8-9H2,1-3H3. The first-order valence-corrected chi connectivity index (χ1v) is 9.07. The summed E-state index contributed by atoms with van der Waals surface area (Å²) in [5.41, 5.74) is 0. The van der Waals surface area contributed by atoms with Crippen molar-refractivity contribution >= 4 is 21.2 Å². The van der Waals surface area contributed by atoms with Crippen LogP contribution in [-0.2, 0) is 9.84 Å². The Kier molecular flexibility index (Phi) is 6.46. The molecule has 19 heavy (non-hydrogen) atoms. The molecule has 0 aliphatic rings. The number of hydrogen-bond acceptors (Lipinski definition) is 5. The zero-order valence-corrected chi connectivity index (χ0v) is 13.3. The third-order valence-electron chi connectivity index (χ3n) is 3.07. The molecule has 6 heteroatoms. The smallest absolute Gasteiger partial charge is 0.190 e. The van der Waals surface area contributed by atoms with Crippen LogP contribution in [0.5, 0.6) is 0 Å². The number of nitrogens with one attached hydrogen (secondary N) is 1. The molecular weight excluding hydrogens is 282 g/mol. The van der Waals surface area contributed by atoms with Gasteiger partial charge in [0, 0.05) is 12.6 Å². The quantitative estimate of drug-likeness (QED) is 0.770. The lowest BCUT2D eigenvalue weighted by Gasteiger charge is -2.22. The molecule has 0 aliphatic heterocycles. The van der Waals surface area contributed by atoms with Gasteiger partial charge in [0.1, 0.15) is 4.21 Å². The van der Waals surface area contributed by atoms with Gasteiger partial charge in [0.05, 0.1) is 11.9 Å². The molecule has 1 heterocycles. The van der Waals surface area contributed by atoms with E-state index in [0.717, 1.165) is 6.42 Å². The highest BCUT2D eigenvalue weighted by molar-refractivity contribution is 7.93. The van der Waals surface area contributed by atoms with E-state index in [2.05, 4.69) is 26.1 Å². The monoisotopic (exact) mass is 305 g/mol. The van der Waals surface area contributed by atoms with Crippen molar-refractivity contribution in [3.8, 4) is 0 Å². The van der Waals surface area contributed by atoms with Gasteiger partial charge in [-0.25, -0.2) is 8.42 Å². The van der Waals surface area contributed by atoms with Gasteiger partial charge in [0.2, 0.25) is 0 Å². The van der Waals surface area contributed by atoms with Crippen LogP contribution in [-0.4, -0.2) is 38.0 Å². The summed E-state index contributed by atoms with van der Waals surface area (Å²) in [6, 6.07) is 3.58. The van der Waals surface area contributed by atoms with Crippen molar-refractivity contribution in [2.75, 3.05) is 12.3 Å². The minimum Gasteiger partial charge on any atom is -0.391 e.